The molecule has 2 aromatic rings. The summed E-state index contributed by atoms with van der Waals surface area (Å²) < 4.78 is 1.94. The summed E-state index contributed by atoms with van der Waals surface area (Å²) in [6, 6.07) is 8.36. The van der Waals surface area contributed by atoms with Gasteiger partial charge in [0, 0.05) is 32.7 Å². The Labute approximate surface area is 111 Å². The summed E-state index contributed by atoms with van der Waals surface area (Å²) >= 11 is 0. The largest absolute Gasteiger partial charge is 0.487 e. The van der Waals surface area contributed by atoms with Crippen LogP contribution < -0.4 is 0 Å². The Balaban J connectivity index is 0.000000845. The molecule has 0 saturated heterocycles. The first-order valence-electron chi connectivity index (χ1n) is 4.22. The van der Waals surface area contributed by atoms with Gasteiger partial charge in [0.15, 0.2) is 0 Å². The monoisotopic (exact) mass is 262 g/mol. The maximum atomic E-state index is 3.93. The van der Waals surface area contributed by atoms with Crippen LogP contribution in [-0.2, 0) is 39.1 Å². The molecule has 0 fully saturated rings. The van der Waals surface area contributed by atoms with E-state index in [4.69, 9.17) is 0 Å². The van der Waals surface area contributed by atoms with Crippen LogP contribution in [0, 0.1) is 14.5 Å². The third-order valence-electron chi connectivity index (χ3n) is 2.25. The SMILES string of the molecule is [CH2-]n1cc(CC)c2ccccc21.[CH3-].[Y]. The van der Waals surface area contributed by atoms with E-state index >= 15 is 0 Å². The molecular weight excluding hydrogens is 247 g/mol. The molecule has 0 N–H and O–H groups in total. The van der Waals surface area contributed by atoms with Crippen LogP contribution in [0.5, 0.6) is 0 Å². The Morgan fingerprint density at radius 1 is 1.29 bits per heavy atom. The normalized spacial score (nSPS) is 9.21. The minimum Gasteiger partial charge on any atom is -0.487 e. The van der Waals surface area contributed by atoms with Crippen molar-refractivity contribution in [2.75, 3.05) is 0 Å². The molecule has 14 heavy (non-hydrogen) atoms. The Hall–Kier alpha value is -0.266. The molecule has 1 aromatic carbocycles. The Bertz CT molecular complexity index is 404. The number of hydrogen-bond donors (Lipinski definition) is 0. The predicted molar refractivity (Wildman–Crippen MR) is 58.5 cm³/mol. The second-order valence-corrected chi connectivity index (χ2v) is 2.99. The van der Waals surface area contributed by atoms with E-state index in [2.05, 4.69) is 38.4 Å². The van der Waals surface area contributed by atoms with Crippen molar-refractivity contribution in [3.05, 3.63) is 50.5 Å². The molecule has 73 valence electrons. The molecule has 0 unspecified atom stereocenters. The summed E-state index contributed by atoms with van der Waals surface area (Å²) in [4.78, 5) is 0. The molecule has 0 atom stereocenters. The van der Waals surface area contributed by atoms with Crippen LogP contribution in [0.3, 0.4) is 0 Å². The number of fused-ring (bicyclic) bond motifs is 1. The van der Waals surface area contributed by atoms with Crippen molar-refractivity contribution < 1.29 is 32.7 Å². The van der Waals surface area contributed by atoms with Crippen LogP contribution in [0.4, 0.5) is 0 Å². The Morgan fingerprint density at radius 3 is 2.57 bits per heavy atom. The van der Waals surface area contributed by atoms with Crippen molar-refractivity contribution >= 4 is 10.9 Å². The molecule has 0 aliphatic carbocycles. The zero-order valence-electron chi connectivity index (χ0n) is 8.83. The average molecular weight is 262 g/mol. The van der Waals surface area contributed by atoms with E-state index in [-0.39, 0.29) is 40.1 Å². The molecule has 0 spiro atoms. The van der Waals surface area contributed by atoms with Crippen LogP contribution in [0.25, 0.3) is 10.9 Å². The van der Waals surface area contributed by atoms with E-state index in [0.717, 1.165) is 6.42 Å². The van der Waals surface area contributed by atoms with Gasteiger partial charge in [0.05, 0.1) is 0 Å². The topological polar surface area (TPSA) is 4.93 Å². The van der Waals surface area contributed by atoms with Crippen LogP contribution in [0.2, 0.25) is 0 Å². The minimum atomic E-state index is 0. The van der Waals surface area contributed by atoms with E-state index < -0.39 is 0 Å². The van der Waals surface area contributed by atoms with Gasteiger partial charge in [-0.3, -0.25) is 0 Å². The summed E-state index contributed by atoms with van der Waals surface area (Å²) in [7, 11) is 3.93. The molecule has 1 radical (unpaired) electrons. The van der Waals surface area contributed by atoms with Crippen LogP contribution in [0.15, 0.2) is 30.5 Å². The number of nitrogens with zero attached hydrogens (tertiary/aromatic N) is 1. The van der Waals surface area contributed by atoms with Crippen molar-refractivity contribution in [1.29, 1.82) is 0 Å². The van der Waals surface area contributed by atoms with Gasteiger partial charge in [0.2, 0.25) is 0 Å². The van der Waals surface area contributed by atoms with Crippen molar-refractivity contribution in [2.45, 2.75) is 13.3 Å². The number of aryl methyl sites for hydroxylation is 1. The first kappa shape index (κ1) is 13.7. The molecule has 0 saturated carbocycles. The zero-order valence-corrected chi connectivity index (χ0v) is 11.7. The van der Waals surface area contributed by atoms with Gasteiger partial charge in [-0.1, -0.05) is 53.9 Å². The fraction of sp³-hybridized carbons (Fsp3) is 0.167. The first-order chi connectivity index (χ1) is 5.83. The molecule has 1 nitrogen and oxygen atoms in total. The molecule has 0 aliphatic rings. The standard InChI is InChI=1S/C11H12N.CH3.Y/c1-3-9-8-12(2)11-7-5-4-6-10(9)11;;/h4-8H,2-3H2,1H3;1H3;/q2*-1;. The third kappa shape index (κ3) is 2.21. The molecular formula is C12H15NY-2. The van der Waals surface area contributed by atoms with E-state index in [1.54, 1.807) is 0 Å². The molecule has 1 heterocycles. The van der Waals surface area contributed by atoms with E-state index in [0.29, 0.717) is 0 Å². The number of benzene rings is 1. The van der Waals surface area contributed by atoms with Crippen LogP contribution in [-0.4, -0.2) is 4.57 Å². The summed E-state index contributed by atoms with van der Waals surface area (Å²) in [6.07, 6.45) is 3.17. The smallest absolute Gasteiger partial charge is 0 e. The van der Waals surface area contributed by atoms with Crippen molar-refractivity contribution in [3.63, 3.8) is 0 Å². The van der Waals surface area contributed by atoms with Gasteiger partial charge < -0.3 is 12.0 Å². The van der Waals surface area contributed by atoms with Gasteiger partial charge in [-0.15, -0.1) is 7.05 Å². The van der Waals surface area contributed by atoms with Crippen molar-refractivity contribution in [2.24, 2.45) is 0 Å². The zero-order chi connectivity index (χ0) is 8.55. The predicted octanol–water partition coefficient (Wildman–Crippen LogP) is 3.29. The molecule has 1 aromatic heterocycles. The maximum absolute atomic E-state index is 3.93. The van der Waals surface area contributed by atoms with Gasteiger partial charge >= 0.3 is 0 Å². The van der Waals surface area contributed by atoms with Crippen LogP contribution >= 0.6 is 0 Å². The number of rotatable bonds is 1. The quantitative estimate of drug-likeness (QED) is 0.695. The van der Waals surface area contributed by atoms with E-state index in [1.807, 2.05) is 10.6 Å². The molecule has 2 rings (SSSR count). The van der Waals surface area contributed by atoms with Crippen LogP contribution in [0.1, 0.15) is 12.5 Å². The second-order valence-electron chi connectivity index (χ2n) is 2.99. The number of hydrogen-bond acceptors (Lipinski definition) is 0. The van der Waals surface area contributed by atoms with Gasteiger partial charge in [-0.25, -0.2) is 0 Å². The van der Waals surface area contributed by atoms with E-state index in [1.165, 1.54) is 16.5 Å². The first-order valence-corrected chi connectivity index (χ1v) is 4.22. The fourth-order valence-electron chi connectivity index (χ4n) is 1.60. The van der Waals surface area contributed by atoms with Gasteiger partial charge in [-0.05, 0) is 6.42 Å². The van der Waals surface area contributed by atoms with Gasteiger partial charge in [0.25, 0.3) is 0 Å². The molecule has 0 bridgehead atoms. The molecule has 2 heteroatoms. The van der Waals surface area contributed by atoms with Crippen molar-refractivity contribution in [1.82, 2.24) is 4.57 Å². The summed E-state index contributed by atoms with van der Waals surface area (Å²) in [6.45, 7) is 2.17. The number of aromatic nitrogens is 1. The van der Waals surface area contributed by atoms with Crippen molar-refractivity contribution in [3.8, 4) is 0 Å². The molecule has 0 amide bonds. The summed E-state index contributed by atoms with van der Waals surface area (Å²) in [5, 5.41) is 1.33. The third-order valence-corrected chi connectivity index (χ3v) is 2.25. The Morgan fingerprint density at radius 2 is 1.93 bits per heavy atom. The maximum Gasteiger partial charge on any atom is 0 e. The minimum absolute atomic E-state index is 0. The van der Waals surface area contributed by atoms with Gasteiger partial charge in [0.1, 0.15) is 0 Å². The molecule has 0 aliphatic heterocycles. The van der Waals surface area contributed by atoms with E-state index in [9.17, 15) is 0 Å². The van der Waals surface area contributed by atoms with Gasteiger partial charge in [-0.2, -0.15) is 0 Å². The second kappa shape index (κ2) is 5.57. The summed E-state index contributed by atoms with van der Waals surface area (Å²) in [5.74, 6) is 0. The Kier molecular flexibility index (Phi) is 5.47. The fourth-order valence-corrected chi connectivity index (χ4v) is 1.60. The summed E-state index contributed by atoms with van der Waals surface area (Å²) in [5.41, 5.74) is 2.59. The average Bonchev–Trinajstić information content (AvgIpc) is 2.44. The number of para-hydroxylation sites is 1.